The summed E-state index contributed by atoms with van der Waals surface area (Å²) in [6.45, 7) is 4.81. The lowest BCUT2D eigenvalue weighted by molar-refractivity contribution is -0.146. The molecular weight excluding hydrogens is 260 g/mol. The van der Waals surface area contributed by atoms with E-state index >= 15 is 0 Å². The number of hydrogen-bond donors (Lipinski definition) is 2. The van der Waals surface area contributed by atoms with Crippen LogP contribution < -0.4 is 5.32 Å². The summed E-state index contributed by atoms with van der Waals surface area (Å²) >= 11 is 0. The molecule has 0 aromatic rings. The fourth-order valence-electron chi connectivity index (χ4n) is 2.84. The van der Waals surface area contributed by atoms with Crippen molar-refractivity contribution in [2.24, 2.45) is 11.3 Å². The van der Waals surface area contributed by atoms with Gasteiger partial charge in [-0.3, -0.25) is 4.79 Å². The quantitative estimate of drug-likeness (QED) is 0.816. The fourth-order valence-corrected chi connectivity index (χ4v) is 2.84. The first kappa shape index (κ1) is 15.1. The summed E-state index contributed by atoms with van der Waals surface area (Å²) < 4.78 is 5.30. The zero-order valence-corrected chi connectivity index (χ0v) is 12.1. The lowest BCUT2D eigenvalue weighted by Crippen LogP contribution is -2.41. The number of carboxylic acid groups (broad SMARTS) is 1. The number of hydrogen-bond acceptors (Lipinski definition) is 3. The largest absolute Gasteiger partial charge is 0.481 e. The highest BCUT2D eigenvalue weighted by Crippen LogP contribution is 2.30. The Morgan fingerprint density at radius 1 is 1.40 bits per heavy atom. The van der Waals surface area contributed by atoms with Crippen LogP contribution in [0.2, 0.25) is 0 Å². The van der Waals surface area contributed by atoms with Crippen LogP contribution in [0.3, 0.4) is 0 Å². The van der Waals surface area contributed by atoms with Gasteiger partial charge in [-0.25, -0.2) is 4.79 Å². The summed E-state index contributed by atoms with van der Waals surface area (Å²) in [5.41, 5.74) is -0.794. The van der Waals surface area contributed by atoms with Crippen LogP contribution in [0.4, 0.5) is 4.79 Å². The van der Waals surface area contributed by atoms with Crippen molar-refractivity contribution in [1.29, 1.82) is 0 Å². The Labute approximate surface area is 119 Å². The summed E-state index contributed by atoms with van der Waals surface area (Å²) in [5.74, 6) is -0.193. The molecular formula is C14H24N2O4. The standard InChI is InChI=1S/C14H24N2O4/c1-14(12(17)18)5-7-16(10-14)13(19)15-6-2-11-3-8-20-9-4-11/h11H,2-10H2,1H3,(H,15,19)(H,17,18). The number of carbonyl (C=O) groups excluding carboxylic acids is 1. The number of rotatable bonds is 4. The van der Waals surface area contributed by atoms with Crippen LogP contribution in [0, 0.1) is 11.3 Å². The van der Waals surface area contributed by atoms with Crippen molar-refractivity contribution in [3.05, 3.63) is 0 Å². The first-order valence-electron chi connectivity index (χ1n) is 7.35. The van der Waals surface area contributed by atoms with Gasteiger partial charge in [-0.2, -0.15) is 0 Å². The topological polar surface area (TPSA) is 78.9 Å². The van der Waals surface area contributed by atoms with E-state index < -0.39 is 11.4 Å². The van der Waals surface area contributed by atoms with Crippen LogP contribution in [0.25, 0.3) is 0 Å². The van der Waals surface area contributed by atoms with Crippen molar-refractivity contribution in [3.63, 3.8) is 0 Å². The highest BCUT2D eigenvalue weighted by atomic mass is 16.5. The molecule has 1 unspecified atom stereocenters. The number of urea groups is 1. The van der Waals surface area contributed by atoms with E-state index in [9.17, 15) is 9.59 Å². The average molecular weight is 284 g/mol. The summed E-state index contributed by atoms with van der Waals surface area (Å²) in [4.78, 5) is 24.7. The Kier molecular flexibility index (Phi) is 4.86. The molecule has 2 aliphatic rings. The van der Waals surface area contributed by atoms with Crippen LogP contribution >= 0.6 is 0 Å². The number of nitrogens with one attached hydrogen (secondary N) is 1. The first-order chi connectivity index (χ1) is 9.51. The number of likely N-dealkylation sites (tertiary alicyclic amines) is 1. The molecule has 2 fully saturated rings. The molecule has 0 radical (unpaired) electrons. The van der Waals surface area contributed by atoms with E-state index in [1.807, 2.05) is 0 Å². The number of nitrogens with zero attached hydrogens (tertiary/aromatic N) is 1. The normalized spacial score (nSPS) is 27.6. The average Bonchev–Trinajstić information content (AvgIpc) is 2.84. The fraction of sp³-hybridized carbons (Fsp3) is 0.857. The molecule has 114 valence electrons. The zero-order valence-electron chi connectivity index (χ0n) is 12.1. The number of carboxylic acids is 1. The highest BCUT2D eigenvalue weighted by Gasteiger charge is 2.42. The van der Waals surface area contributed by atoms with Gasteiger partial charge >= 0.3 is 12.0 Å². The van der Waals surface area contributed by atoms with E-state index in [2.05, 4.69) is 5.32 Å². The van der Waals surface area contributed by atoms with Gasteiger partial charge in [0.2, 0.25) is 0 Å². The maximum Gasteiger partial charge on any atom is 0.317 e. The molecule has 20 heavy (non-hydrogen) atoms. The van der Waals surface area contributed by atoms with Crippen molar-refractivity contribution in [2.45, 2.75) is 32.6 Å². The summed E-state index contributed by atoms with van der Waals surface area (Å²) in [7, 11) is 0. The van der Waals surface area contributed by atoms with Crippen molar-refractivity contribution in [3.8, 4) is 0 Å². The molecule has 2 heterocycles. The maximum atomic E-state index is 12.0. The Balaban J connectivity index is 1.69. The second kappa shape index (κ2) is 6.43. The Hall–Kier alpha value is -1.30. The second-order valence-corrected chi connectivity index (χ2v) is 6.11. The van der Waals surface area contributed by atoms with Crippen LogP contribution in [0.1, 0.15) is 32.6 Å². The Morgan fingerprint density at radius 3 is 2.70 bits per heavy atom. The van der Waals surface area contributed by atoms with E-state index in [0.717, 1.165) is 32.5 Å². The van der Waals surface area contributed by atoms with Gasteiger partial charge in [-0.1, -0.05) is 0 Å². The lowest BCUT2D eigenvalue weighted by atomic mass is 9.90. The molecule has 2 aliphatic heterocycles. The molecule has 0 spiro atoms. The summed E-state index contributed by atoms with van der Waals surface area (Å²) in [6.07, 6.45) is 3.63. The predicted molar refractivity (Wildman–Crippen MR) is 73.5 cm³/mol. The Morgan fingerprint density at radius 2 is 2.10 bits per heavy atom. The minimum absolute atomic E-state index is 0.137. The van der Waals surface area contributed by atoms with Gasteiger partial charge in [0.25, 0.3) is 0 Å². The van der Waals surface area contributed by atoms with E-state index in [0.29, 0.717) is 32.0 Å². The maximum absolute atomic E-state index is 12.0. The molecule has 1 atom stereocenters. The molecule has 0 aliphatic carbocycles. The monoisotopic (exact) mass is 284 g/mol. The first-order valence-corrected chi connectivity index (χ1v) is 7.35. The van der Waals surface area contributed by atoms with Crippen LogP contribution in [0.5, 0.6) is 0 Å². The Bertz CT molecular complexity index is 368. The van der Waals surface area contributed by atoms with Crippen LogP contribution in [-0.2, 0) is 9.53 Å². The van der Waals surface area contributed by atoms with Crippen molar-refractivity contribution in [1.82, 2.24) is 10.2 Å². The van der Waals surface area contributed by atoms with E-state index in [4.69, 9.17) is 9.84 Å². The van der Waals surface area contributed by atoms with Gasteiger partial charge in [0, 0.05) is 32.8 Å². The van der Waals surface area contributed by atoms with Gasteiger partial charge in [0.05, 0.1) is 5.41 Å². The number of aliphatic carboxylic acids is 1. The molecule has 2 rings (SSSR count). The molecule has 0 saturated carbocycles. The third-order valence-corrected chi connectivity index (χ3v) is 4.45. The highest BCUT2D eigenvalue weighted by molar-refractivity contribution is 5.79. The molecule has 2 amide bonds. The molecule has 2 N–H and O–H groups in total. The SMILES string of the molecule is CC1(C(=O)O)CCN(C(=O)NCCC2CCOCC2)C1. The van der Waals surface area contributed by atoms with E-state index in [1.54, 1.807) is 11.8 Å². The minimum atomic E-state index is -0.824. The minimum Gasteiger partial charge on any atom is -0.481 e. The van der Waals surface area contributed by atoms with Crippen LogP contribution in [-0.4, -0.2) is 54.9 Å². The molecule has 6 nitrogen and oxygen atoms in total. The molecule has 0 bridgehead atoms. The summed E-state index contributed by atoms with van der Waals surface area (Å²) in [5, 5.41) is 12.0. The summed E-state index contributed by atoms with van der Waals surface area (Å²) in [6, 6.07) is -0.137. The van der Waals surface area contributed by atoms with Gasteiger partial charge in [0.1, 0.15) is 0 Å². The second-order valence-electron chi connectivity index (χ2n) is 6.11. The smallest absolute Gasteiger partial charge is 0.317 e. The molecule has 0 aromatic carbocycles. The van der Waals surface area contributed by atoms with Gasteiger partial charge in [-0.05, 0) is 38.5 Å². The number of amides is 2. The number of ether oxygens (including phenoxy) is 1. The van der Waals surface area contributed by atoms with Crippen molar-refractivity contribution in [2.75, 3.05) is 32.8 Å². The van der Waals surface area contributed by atoms with Gasteiger partial charge in [0.15, 0.2) is 0 Å². The van der Waals surface area contributed by atoms with Gasteiger partial charge < -0.3 is 20.1 Å². The van der Waals surface area contributed by atoms with E-state index in [1.165, 1.54) is 0 Å². The zero-order chi connectivity index (χ0) is 14.6. The van der Waals surface area contributed by atoms with Gasteiger partial charge in [-0.15, -0.1) is 0 Å². The van der Waals surface area contributed by atoms with Crippen molar-refractivity contribution < 1.29 is 19.4 Å². The number of carbonyl (C=O) groups is 2. The van der Waals surface area contributed by atoms with Crippen LogP contribution in [0.15, 0.2) is 0 Å². The predicted octanol–water partition coefficient (Wildman–Crippen LogP) is 1.31. The molecule has 2 saturated heterocycles. The molecule has 0 aromatic heterocycles. The third-order valence-electron chi connectivity index (χ3n) is 4.45. The molecule has 6 heteroatoms. The lowest BCUT2D eigenvalue weighted by Gasteiger charge is -2.23. The van der Waals surface area contributed by atoms with E-state index in [-0.39, 0.29) is 6.03 Å². The van der Waals surface area contributed by atoms with Crippen molar-refractivity contribution >= 4 is 12.0 Å². The third kappa shape index (κ3) is 3.62.